The normalized spacial score (nSPS) is 19.8. The Labute approximate surface area is 179 Å². The van der Waals surface area contributed by atoms with Gasteiger partial charge in [0, 0.05) is 19.0 Å². The molecule has 9 heteroatoms. The highest BCUT2D eigenvalue weighted by Gasteiger charge is 2.38. The van der Waals surface area contributed by atoms with Crippen molar-refractivity contribution in [2.45, 2.75) is 39.2 Å². The van der Waals surface area contributed by atoms with Crippen LogP contribution in [0.15, 0.2) is 45.2 Å². The summed E-state index contributed by atoms with van der Waals surface area (Å²) in [5, 5.41) is 3.12. The molecule has 0 saturated carbocycles. The molecular weight excluding hydrogens is 406 g/mol. The molecule has 1 saturated heterocycles. The molecule has 158 valence electrons. The number of ether oxygens (including phenoxy) is 2. The standard InChI is InChI=1S/C21H23N3O5S/c1-13-6-7-14(29-13)11-22-19(25)5-3-2-4-8-24-20(26)15-9-17-18(28-12-27-17)10-16(15)23-21(24)30/h6-7,9-10,15H,2-5,8,11-12H2,1H3,(H,22,25). The summed E-state index contributed by atoms with van der Waals surface area (Å²) in [6.07, 6.45) is 6.17. The number of hydrogen-bond donors (Lipinski definition) is 1. The maximum Gasteiger partial charge on any atom is 0.241 e. The molecule has 3 aliphatic rings. The Kier molecular flexibility index (Phi) is 5.98. The van der Waals surface area contributed by atoms with Crippen LogP contribution in [-0.4, -0.2) is 40.9 Å². The van der Waals surface area contributed by atoms with Crippen LogP contribution < -0.4 is 5.32 Å². The Morgan fingerprint density at radius 1 is 1.27 bits per heavy atom. The third kappa shape index (κ3) is 4.46. The number of rotatable bonds is 8. The van der Waals surface area contributed by atoms with Crippen LogP contribution in [0.4, 0.5) is 0 Å². The number of furan rings is 1. The summed E-state index contributed by atoms with van der Waals surface area (Å²) >= 11 is 5.32. The van der Waals surface area contributed by atoms with Crippen LogP contribution in [0, 0.1) is 12.8 Å². The maximum absolute atomic E-state index is 12.9. The molecule has 0 spiro atoms. The Morgan fingerprint density at radius 3 is 2.90 bits per heavy atom. The quantitative estimate of drug-likeness (QED) is 0.505. The van der Waals surface area contributed by atoms with Gasteiger partial charge in [-0.05, 0) is 50.2 Å². The highest BCUT2D eigenvalue weighted by Crippen LogP contribution is 2.31. The molecule has 30 heavy (non-hydrogen) atoms. The van der Waals surface area contributed by atoms with E-state index < -0.39 is 5.92 Å². The van der Waals surface area contributed by atoms with Crippen molar-refractivity contribution in [3.63, 3.8) is 0 Å². The van der Waals surface area contributed by atoms with E-state index in [1.807, 2.05) is 19.1 Å². The SMILES string of the molecule is Cc1ccc(CNC(=O)CCCCCN2C(=O)C3C=C4OCOC4=CC3=NC2=S)o1. The Morgan fingerprint density at radius 2 is 2.10 bits per heavy atom. The van der Waals surface area contributed by atoms with Gasteiger partial charge in [0.05, 0.1) is 12.3 Å². The van der Waals surface area contributed by atoms with Crippen molar-refractivity contribution in [3.8, 4) is 0 Å². The fourth-order valence-electron chi connectivity index (χ4n) is 3.53. The maximum atomic E-state index is 12.9. The number of nitrogens with one attached hydrogen (secondary N) is 1. The third-order valence-corrected chi connectivity index (χ3v) is 5.43. The van der Waals surface area contributed by atoms with Crippen molar-refractivity contribution < 1.29 is 23.5 Å². The zero-order chi connectivity index (χ0) is 21.1. The highest BCUT2D eigenvalue weighted by atomic mass is 32.1. The van der Waals surface area contributed by atoms with Gasteiger partial charge in [-0.25, -0.2) is 4.99 Å². The van der Waals surface area contributed by atoms with E-state index in [1.54, 1.807) is 12.2 Å². The predicted molar refractivity (Wildman–Crippen MR) is 112 cm³/mol. The fourth-order valence-corrected chi connectivity index (χ4v) is 3.81. The molecule has 3 heterocycles. The van der Waals surface area contributed by atoms with Gasteiger partial charge in [0.15, 0.2) is 11.5 Å². The zero-order valence-electron chi connectivity index (χ0n) is 16.7. The lowest BCUT2D eigenvalue weighted by molar-refractivity contribution is -0.128. The van der Waals surface area contributed by atoms with E-state index in [1.165, 1.54) is 4.90 Å². The monoisotopic (exact) mass is 429 g/mol. The van der Waals surface area contributed by atoms with E-state index in [4.69, 9.17) is 26.1 Å². The van der Waals surface area contributed by atoms with Crippen molar-refractivity contribution in [1.82, 2.24) is 10.2 Å². The lowest BCUT2D eigenvalue weighted by Crippen LogP contribution is -2.46. The number of carbonyl (C=O) groups excluding carboxylic acids is 2. The van der Waals surface area contributed by atoms with Gasteiger partial charge < -0.3 is 19.2 Å². The van der Waals surface area contributed by atoms with Crippen LogP contribution in [0.2, 0.25) is 0 Å². The van der Waals surface area contributed by atoms with E-state index in [-0.39, 0.29) is 23.7 Å². The molecule has 1 aromatic heterocycles. The molecule has 1 aliphatic carbocycles. The van der Waals surface area contributed by atoms with Crippen LogP contribution in [0.3, 0.4) is 0 Å². The Bertz CT molecular complexity index is 962. The number of aryl methyl sites for hydroxylation is 1. The number of hydrogen-bond acceptors (Lipinski definition) is 6. The molecule has 2 aliphatic heterocycles. The van der Waals surface area contributed by atoms with Gasteiger partial charge in [-0.1, -0.05) is 6.42 Å². The number of carbonyl (C=O) groups is 2. The molecule has 2 amide bonds. The van der Waals surface area contributed by atoms with Gasteiger partial charge in [0.1, 0.15) is 17.4 Å². The first-order valence-electron chi connectivity index (χ1n) is 9.96. The summed E-state index contributed by atoms with van der Waals surface area (Å²) < 4.78 is 16.1. The molecular formula is C21H23N3O5S. The summed E-state index contributed by atoms with van der Waals surface area (Å²) in [6, 6.07) is 3.72. The van der Waals surface area contributed by atoms with Crippen molar-refractivity contribution in [2.75, 3.05) is 13.3 Å². The summed E-state index contributed by atoms with van der Waals surface area (Å²) in [5.74, 6) is 2.13. The van der Waals surface area contributed by atoms with Crippen molar-refractivity contribution in [2.24, 2.45) is 10.9 Å². The Balaban J connectivity index is 1.20. The van der Waals surface area contributed by atoms with Crippen molar-refractivity contribution >= 4 is 34.9 Å². The van der Waals surface area contributed by atoms with Crippen LogP contribution in [0.5, 0.6) is 0 Å². The summed E-state index contributed by atoms with van der Waals surface area (Å²) in [4.78, 5) is 30.8. The largest absolute Gasteiger partial charge is 0.465 e. The molecule has 0 radical (unpaired) electrons. The molecule has 1 aromatic rings. The minimum atomic E-state index is -0.492. The number of fused-ring (bicyclic) bond motifs is 2. The molecule has 1 N–H and O–H groups in total. The zero-order valence-corrected chi connectivity index (χ0v) is 17.5. The average Bonchev–Trinajstić information content (AvgIpc) is 3.35. The van der Waals surface area contributed by atoms with Crippen LogP contribution in [-0.2, 0) is 25.6 Å². The Hall–Kier alpha value is -2.94. The molecule has 0 aromatic carbocycles. The second-order valence-corrected chi connectivity index (χ2v) is 7.70. The first kappa shape index (κ1) is 20.3. The van der Waals surface area contributed by atoms with Gasteiger partial charge in [0.2, 0.25) is 23.7 Å². The molecule has 1 unspecified atom stereocenters. The van der Waals surface area contributed by atoms with Crippen LogP contribution in [0.25, 0.3) is 0 Å². The lowest BCUT2D eigenvalue weighted by atomic mass is 9.93. The topological polar surface area (TPSA) is 93.4 Å². The predicted octanol–water partition coefficient (Wildman–Crippen LogP) is 2.73. The molecule has 1 atom stereocenters. The number of nitrogens with zero attached hydrogens (tertiary/aromatic N) is 2. The molecule has 8 nitrogen and oxygen atoms in total. The number of aliphatic imine (C=N–C) groups is 1. The summed E-state index contributed by atoms with van der Waals surface area (Å²) in [7, 11) is 0. The molecule has 4 rings (SSSR count). The number of unbranched alkanes of at least 4 members (excludes halogenated alkanes) is 2. The van der Waals surface area contributed by atoms with Crippen molar-refractivity contribution in [1.29, 1.82) is 0 Å². The van der Waals surface area contributed by atoms with Crippen LogP contribution >= 0.6 is 12.2 Å². The minimum absolute atomic E-state index is 0.0157. The van der Waals surface area contributed by atoms with E-state index >= 15 is 0 Å². The summed E-state index contributed by atoms with van der Waals surface area (Å²) in [6.45, 7) is 2.89. The smallest absolute Gasteiger partial charge is 0.241 e. The van der Waals surface area contributed by atoms with Gasteiger partial charge in [0.25, 0.3) is 0 Å². The van der Waals surface area contributed by atoms with E-state index in [9.17, 15) is 9.59 Å². The van der Waals surface area contributed by atoms with Crippen LogP contribution in [0.1, 0.15) is 37.2 Å². The van der Waals surface area contributed by atoms with Crippen molar-refractivity contribution in [3.05, 3.63) is 47.3 Å². The third-order valence-electron chi connectivity index (χ3n) is 5.12. The van der Waals surface area contributed by atoms with Gasteiger partial charge >= 0.3 is 0 Å². The van der Waals surface area contributed by atoms with E-state index in [0.717, 1.165) is 30.8 Å². The number of amides is 2. The minimum Gasteiger partial charge on any atom is -0.465 e. The van der Waals surface area contributed by atoms with Gasteiger partial charge in [-0.2, -0.15) is 0 Å². The van der Waals surface area contributed by atoms with E-state index in [2.05, 4.69) is 10.3 Å². The number of thiocarbonyl (C=S) groups is 1. The van der Waals surface area contributed by atoms with Gasteiger partial charge in [-0.15, -0.1) is 0 Å². The highest BCUT2D eigenvalue weighted by molar-refractivity contribution is 7.80. The second kappa shape index (κ2) is 8.83. The van der Waals surface area contributed by atoms with E-state index in [0.29, 0.717) is 36.7 Å². The first-order valence-corrected chi connectivity index (χ1v) is 10.4. The summed E-state index contributed by atoms with van der Waals surface area (Å²) in [5.41, 5.74) is 0.592. The fraction of sp³-hybridized carbons (Fsp3) is 0.429. The number of allylic oxidation sites excluding steroid dienone is 1. The second-order valence-electron chi connectivity index (χ2n) is 7.33. The molecule has 0 bridgehead atoms. The average molecular weight is 429 g/mol. The molecule has 1 fully saturated rings. The lowest BCUT2D eigenvalue weighted by Gasteiger charge is -2.30. The van der Waals surface area contributed by atoms with Gasteiger partial charge in [-0.3, -0.25) is 14.5 Å². The first-order chi connectivity index (χ1) is 14.5.